The van der Waals surface area contributed by atoms with Crippen LogP contribution in [-0.2, 0) is 28.5 Å². The van der Waals surface area contributed by atoms with E-state index >= 15 is 0 Å². The molecule has 0 aromatic rings. The number of carboxylic acid groups (broad SMARTS) is 1. The zero-order valence-electron chi connectivity index (χ0n) is 11.1. The first-order valence-electron chi connectivity index (χ1n) is 5.80. The highest BCUT2D eigenvalue weighted by Crippen LogP contribution is 2.27. The van der Waals surface area contributed by atoms with Gasteiger partial charge < -0.3 is 29.2 Å². The van der Waals surface area contributed by atoms with Crippen molar-refractivity contribution < 1.29 is 43.5 Å². The van der Waals surface area contributed by atoms with Gasteiger partial charge in [0.15, 0.2) is 24.6 Å². The molecule has 9 nitrogen and oxygen atoms in total. The molecule has 5 atom stereocenters. The zero-order chi connectivity index (χ0) is 15.4. The summed E-state index contributed by atoms with van der Waals surface area (Å²) in [7, 11) is 0. The number of aliphatic hydroxyl groups excluding tert-OH is 1. The summed E-state index contributed by atoms with van der Waals surface area (Å²) < 4.78 is 19.3. The van der Waals surface area contributed by atoms with Crippen LogP contribution >= 0.6 is 0 Å². The highest BCUT2D eigenvalue weighted by atomic mass is 16.7. The van der Waals surface area contributed by atoms with E-state index in [4.69, 9.17) is 19.3 Å². The Hall–Kier alpha value is -1.87. The van der Waals surface area contributed by atoms with Gasteiger partial charge in [0.25, 0.3) is 0 Å². The van der Waals surface area contributed by atoms with Crippen LogP contribution in [0.15, 0.2) is 0 Å². The lowest BCUT2D eigenvalue weighted by Crippen LogP contribution is -2.60. The number of carbonyl (C=O) groups is 3. The van der Waals surface area contributed by atoms with Gasteiger partial charge in [-0.05, 0) is 6.92 Å². The highest BCUT2D eigenvalue weighted by Gasteiger charge is 2.50. The Bertz CT molecular complexity index is 365. The normalized spacial score (nSPS) is 33.1. The summed E-state index contributed by atoms with van der Waals surface area (Å²) in [6, 6.07) is 0. The largest absolute Gasteiger partial charge is 0.506 e. The topological polar surface area (TPSA) is 129 Å². The average Bonchev–Trinajstić information content (AvgIpc) is 2.27. The Morgan fingerprint density at radius 1 is 0.950 bits per heavy atom. The standard InChI is InChI=1S/C11H16O9/c1-4-7(18-5(2)12)8(19-6(3)13)9(10(14)17-4)20-11(15)16/h4,7-10,14H,1-3H3,(H,15,16)/t4-,7-,8+,9+,10?/m0/s1. The van der Waals surface area contributed by atoms with Crippen molar-refractivity contribution in [3.8, 4) is 0 Å². The summed E-state index contributed by atoms with van der Waals surface area (Å²) in [5.74, 6) is -1.42. The molecule has 114 valence electrons. The first-order chi connectivity index (χ1) is 9.22. The van der Waals surface area contributed by atoms with E-state index in [0.29, 0.717) is 0 Å². The maximum Gasteiger partial charge on any atom is 0.506 e. The van der Waals surface area contributed by atoms with E-state index in [-0.39, 0.29) is 0 Å². The molecule has 0 aliphatic carbocycles. The minimum atomic E-state index is -1.69. The van der Waals surface area contributed by atoms with Crippen LogP contribution in [0.5, 0.6) is 0 Å². The summed E-state index contributed by atoms with van der Waals surface area (Å²) in [4.78, 5) is 32.8. The summed E-state index contributed by atoms with van der Waals surface area (Å²) >= 11 is 0. The molecule has 9 heteroatoms. The number of esters is 2. The van der Waals surface area contributed by atoms with Gasteiger partial charge in [-0.3, -0.25) is 9.59 Å². The van der Waals surface area contributed by atoms with Crippen LogP contribution in [0.1, 0.15) is 20.8 Å². The number of ether oxygens (including phenoxy) is 4. The van der Waals surface area contributed by atoms with Crippen LogP contribution in [0, 0.1) is 0 Å². The van der Waals surface area contributed by atoms with Crippen molar-refractivity contribution in [2.75, 3.05) is 0 Å². The van der Waals surface area contributed by atoms with Gasteiger partial charge in [-0.2, -0.15) is 0 Å². The predicted molar refractivity (Wildman–Crippen MR) is 60.6 cm³/mol. The van der Waals surface area contributed by atoms with E-state index in [9.17, 15) is 19.5 Å². The maximum atomic E-state index is 11.1. The average molecular weight is 292 g/mol. The zero-order valence-corrected chi connectivity index (χ0v) is 11.1. The molecule has 2 N–H and O–H groups in total. The Kier molecular flexibility index (Phi) is 5.28. The second kappa shape index (κ2) is 6.53. The van der Waals surface area contributed by atoms with Crippen LogP contribution in [0.4, 0.5) is 4.79 Å². The molecule has 0 amide bonds. The van der Waals surface area contributed by atoms with Crippen molar-refractivity contribution in [2.45, 2.75) is 51.5 Å². The maximum absolute atomic E-state index is 11.1. The van der Waals surface area contributed by atoms with Gasteiger partial charge in [-0.15, -0.1) is 0 Å². The molecule has 1 heterocycles. The van der Waals surface area contributed by atoms with Gasteiger partial charge in [-0.1, -0.05) is 0 Å². The fraction of sp³-hybridized carbons (Fsp3) is 0.727. The van der Waals surface area contributed by atoms with E-state index in [1.54, 1.807) is 0 Å². The minimum absolute atomic E-state index is 0.673. The van der Waals surface area contributed by atoms with E-state index in [1.165, 1.54) is 6.92 Å². The molecule has 0 aromatic carbocycles. The molecular weight excluding hydrogens is 276 g/mol. The first-order valence-corrected chi connectivity index (χ1v) is 5.80. The lowest BCUT2D eigenvalue weighted by Gasteiger charge is -2.41. The second-order valence-electron chi connectivity index (χ2n) is 4.23. The summed E-state index contributed by atoms with van der Waals surface area (Å²) in [5, 5.41) is 18.3. The molecule has 20 heavy (non-hydrogen) atoms. The molecule has 1 rings (SSSR count). The smallest absolute Gasteiger partial charge is 0.456 e. The van der Waals surface area contributed by atoms with Crippen LogP contribution < -0.4 is 0 Å². The van der Waals surface area contributed by atoms with E-state index in [1.807, 2.05) is 0 Å². The summed E-state index contributed by atoms with van der Waals surface area (Å²) in [6.45, 7) is 3.70. The third-order valence-electron chi connectivity index (χ3n) is 2.59. The fourth-order valence-electron chi connectivity index (χ4n) is 1.91. The fourth-order valence-corrected chi connectivity index (χ4v) is 1.91. The molecule has 0 spiro atoms. The molecule has 0 aromatic heterocycles. The Labute approximate surface area is 114 Å². The van der Waals surface area contributed by atoms with Crippen LogP contribution in [0.25, 0.3) is 0 Å². The number of carbonyl (C=O) groups excluding carboxylic acids is 2. The third-order valence-corrected chi connectivity index (χ3v) is 2.59. The van der Waals surface area contributed by atoms with E-state index in [2.05, 4.69) is 4.74 Å². The lowest BCUT2D eigenvalue weighted by molar-refractivity contribution is -0.285. The lowest BCUT2D eigenvalue weighted by atomic mass is 9.99. The van der Waals surface area contributed by atoms with Crippen molar-refractivity contribution in [3.63, 3.8) is 0 Å². The molecule has 0 radical (unpaired) electrons. The number of aliphatic hydroxyl groups is 1. The second-order valence-corrected chi connectivity index (χ2v) is 4.23. The molecule has 0 saturated carbocycles. The van der Waals surface area contributed by atoms with Crippen LogP contribution in [0.3, 0.4) is 0 Å². The molecule has 1 saturated heterocycles. The molecule has 1 aliphatic heterocycles. The monoisotopic (exact) mass is 292 g/mol. The molecule has 0 bridgehead atoms. The van der Waals surface area contributed by atoms with Crippen molar-refractivity contribution in [1.82, 2.24) is 0 Å². The van der Waals surface area contributed by atoms with Gasteiger partial charge in [0, 0.05) is 13.8 Å². The number of rotatable bonds is 3. The van der Waals surface area contributed by atoms with Crippen LogP contribution in [-0.4, -0.2) is 59.0 Å². The van der Waals surface area contributed by atoms with E-state index in [0.717, 1.165) is 13.8 Å². The number of hydrogen-bond donors (Lipinski definition) is 2. The van der Waals surface area contributed by atoms with Crippen LogP contribution in [0.2, 0.25) is 0 Å². The SMILES string of the molecule is CC(=O)O[C@@H]1[C@@H](OC(C)=O)[C@@H](OC(=O)O)C(O)O[C@H]1C. The van der Waals surface area contributed by atoms with Gasteiger partial charge in [0.2, 0.25) is 0 Å². The van der Waals surface area contributed by atoms with Crippen molar-refractivity contribution in [1.29, 1.82) is 0 Å². The number of hydrogen-bond acceptors (Lipinski definition) is 8. The summed E-state index contributed by atoms with van der Waals surface area (Å²) in [5.41, 5.74) is 0. The Morgan fingerprint density at radius 2 is 1.45 bits per heavy atom. The highest BCUT2D eigenvalue weighted by molar-refractivity contribution is 5.67. The van der Waals surface area contributed by atoms with Gasteiger partial charge in [0.05, 0.1) is 6.10 Å². The van der Waals surface area contributed by atoms with Gasteiger partial charge >= 0.3 is 18.1 Å². The first kappa shape index (κ1) is 16.2. The molecular formula is C11H16O9. The Balaban J connectivity index is 3.01. The molecule has 1 aliphatic rings. The molecule has 1 fully saturated rings. The summed E-state index contributed by atoms with van der Waals surface area (Å²) in [6.07, 6.45) is -8.05. The van der Waals surface area contributed by atoms with Gasteiger partial charge in [0.1, 0.15) is 0 Å². The van der Waals surface area contributed by atoms with Crippen molar-refractivity contribution in [3.05, 3.63) is 0 Å². The third kappa shape index (κ3) is 4.07. The van der Waals surface area contributed by atoms with Crippen molar-refractivity contribution in [2.24, 2.45) is 0 Å². The van der Waals surface area contributed by atoms with Gasteiger partial charge in [-0.25, -0.2) is 4.79 Å². The Morgan fingerprint density at radius 3 is 1.90 bits per heavy atom. The quantitative estimate of drug-likeness (QED) is 0.529. The predicted octanol–water partition coefficient (Wildman–Crippen LogP) is -0.350. The molecule has 1 unspecified atom stereocenters. The minimum Gasteiger partial charge on any atom is -0.456 e. The van der Waals surface area contributed by atoms with Crippen molar-refractivity contribution >= 4 is 18.1 Å². The van der Waals surface area contributed by atoms with E-state index < -0.39 is 48.8 Å².